The minimum atomic E-state index is -0.190. The van der Waals surface area contributed by atoms with Crippen molar-refractivity contribution in [2.75, 3.05) is 6.61 Å². The summed E-state index contributed by atoms with van der Waals surface area (Å²) in [6.45, 7) is 2.54. The smallest absolute Gasteiger partial charge is 0.268 e. The van der Waals surface area contributed by atoms with Crippen molar-refractivity contribution in [3.8, 4) is 11.8 Å². The number of hydrogen-bond donors (Lipinski definition) is 0. The zero-order valence-corrected chi connectivity index (χ0v) is 17.1. The van der Waals surface area contributed by atoms with E-state index in [4.69, 9.17) is 9.26 Å². The summed E-state index contributed by atoms with van der Waals surface area (Å²) in [5.74, 6) is 1.31. The van der Waals surface area contributed by atoms with Gasteiger partial charge in [-0.2, -0.15) is 10.2 Å². The first-order valence-electron chi connectivity index (χ1n) is 10.1. The molecule has 0 fully saturated rings. The molecule has 5 nitrogen and oxygen atoms in total. The van der Waals surface area contributed by atoms with Gasteiger partial charge in [-0.25, -0.2) is 0 Å². The minimum absolute atomic E-state index is 0.190. The van der Waals surface area contributed by atoms with E-state index in [-0.39, 0.29) is 11.8 Å². The molecule has 0 unspecified atom stereocenters. The third-order valence-electron chi connectivity index (χ3n) is 4.82. The summed E-state index contributed by atoms with van der Waals surface area (Å²) in [5, 5.41) is 13.9. The third-order valence-corrected chi connectivity index (χ3v) is 4.82. The maximum atomic E-state index is 9.69. The maximum absolute atomic E-state index is 9.69. The topological polar surface area (TPSA) is 71.9 Å². The van der Waals surface area contributed by atoms with E-state index >= 15 is 0 Å². The first-order chi connectivity index (χ1) is 15.3. The fraction of sp³-hybridized carbons (Fsp3) is 0.115. The van der Waals surface area contributed by atoms with Crippen LogP contribution in [0.2, 0.25) is 0 Å². The molecular weight excluding hydrogens is 386 g/mol. The summed E-state index contributed by atoms with van der Waals surface area (Å²) in [4.78, 5) is 4.58. The van der Waals surface area contributed by atoms with Crippen molar-refractivity contribution in [2.24, 2.45) is 0 Å². The molecular formula is C26H21N3O2. The van der Waals surface area contributed by atoms with E-state index in [0.29, 0.717) is 18.0 Å². The molecule has 0 saturated heterocycles. The van der Waals surface area contributed by atoms with Crippen molar-refractivity contribution in [3.05, 3.63) is 113 Å². The summed E-state index contributed by atoms with van der Waals surface area (Å²) in [6.07, 6.45) is 1.73. The lowest BCUT2D eigenvalue weighted by Gasteiger charge is -2.14. The average Bonchev–Trinajstić information content (AvgIpc) is 3.30. The maximum Gasteiger partial charge on any atom is 0.268 e. The molecule has 0 bridgehead atoms. The number of hydrogen-bond acceptors (Lipinski definition) is 5. The highest BCUT2D eigenvalue weighted by Gasteiger charge is 2.23. The second-order valence-electron chi connectivity index (χ2n) is 6.88. The Balaban J connectivity index is 1.68. The van der Waals surface area contributed by atoms with E-state index in [1.54, 1.807) is 6.08 Å². The van der Waals surface area contributed by atoms with Gasteiger partial charge in [0.25, 0.3) is 5.89 Å². The minimum Gasteiger partial charge on any atom is -0.494 e. The second kappa shape index (κ2) is 9.55. The van der Waals surface area contributed by atoms with Crippen LogP contribution in [0, 0.1) is 11.3 Å². The monoisotopic (exact) mass is 407 g/mol. The Kier molecular flexibility index (Phi) is 6.20. The van der Waals surface area contributed by atoms with Crippen molar-refractivity contribution in [1.29, 1.82) is 5.26 Å². The molecule has 4 rings (SSSR count). The Labute approximate surface area is 181 Å². The van der Waals surface area contributed by atoms with E-state index in [2.05, 4.69) is 16.2 Å². The second-order valence-corrected chi connectivity index (χ2v) is 6.88. The van der Waals surface area contributed by atoms with Gasteiger partial charge in [-0.15, -0.1) is 0 Å². The van der Waals surface area contributed by atoms with Gasteiger partial charge in [0.2, 0.25) is 0 Å². The lowest BCUT2D eigenvalue weighted by molar-refractivity contribution is 0.340. The molecule has 31 heavy (non-hydrogen) atoms. The van der Waals surface area contributed by atoms with Gasteiger partial charge in [0.1, 0.15) is 17.4 Å². The van der Waals surface area contributed by atoms with E-state index in [1.165, 1.54) is 0 Å². The Morgan fingerprint density at radius 3 is 2.13 bits per heavy atom. The first kappa shape index (κ1) is 20.1. The van der Waals surface area contributed by atoms with Gasteiger partial charge in [0, 0.05) is 0 Å². The highest BCUT2D eigenvalue weighted by Crippen LogP contribution is 2.31. The standard InChI is InChI=1S/C26H21N3O2/c1-2-30-23-15-13-19(14-16-23)17-22(18-27)26-28-25(29-31-26)24(20-9-5-3-6-10-20)21-11-7-4-8-12-21/h3-17,24H,2H2,1H3/b22-17+. The van der Waals surface area contributed by atoms with Crippen LogP contribution in [0.5, 0.6) is 5.75 Å². The van der Waals surface area contributed by atoms with Gasteiger partial charge in [-0.1, -0.05) is 78.0 Å². The predicted molar refractivity (Wildman–Crippen MR) is 119 cm³/mol. The summed E-state index contributed by atoms with van der Waals surface area (Å²) in [6, 6.07) is 29.7. The lowest BCUT2D eigenvalue weighted by Crippen LogP contribution is -2.05. The van der Waals surface area contributed by atoms with Crippen LogP contribution in [0.25, 0.3) is 11.6 Å². The highest BCUT2D eigenvalue weighted by molar-refractivity contribution is 5.86. The Hall–Kier alpha value is -4.17. The molecule has 3 aromatic carbocycles. The van der Waals surface area contributed by atoms with Gasteiger partial charge in [-0.3, -0.25) is 0 Å². The van der Waals surface area contributed by atoms with E-state index in [1.807, 2.05) is 91.9 Å². The fourth-order valence-corrected chi connectivity index (χ4v) is 3.38. The molecule has 0 saturated carbocycles. The Morgan fingerprint density at radius 2 is 1.58 bits per heavy atom. The quantitative estimate of drug-likeness (QED) is 0.367. The zero-order chi connectivity index (χ0) is 21.5. The molecule has 0 amide bonds. The largest absolute Gasteiger partial charge is 0.494 e. The van der Waals surface area contributed by atoms with Crippen LogP contribution in [0.4, 0.5) is 0 Å². The van der Waals surface area contributed by atoms with Crippen LogP contribution < -0.4 is 4.74 Å². The molecule has 0 radical (unpaired) electrons. The van der Waals surface area contributed by atoms with Crippen LogP contribution in [-0.2, 0) is 0 Å². The van der Waals surface area contributed by atoms with Crippen molar-refractivity contribution < 1.29 is 9.26 Å². The molecule has 152 valence electrons. The molecule has 0 spiro atoms. The van der Waals surface area contributed by atoms with Crippen molar-refractivity contribution in [3.63, 3.8) is 0 Å². The van der Waals surface area contributed by atoms with E-state index < -0.39 is 0 Å². The van der Waals surface area contributed by atoms with Crippen LogP contribution in [0.15, 0.2) is 89.5 Å². The summed E-state index contributed by atoms with van der Waals surface area (Å²) in [7, 11) is 0. The molecule has 4 aromatic rings. The summed E-state index contributed by atoms with van der Waals surface area (Å²) >= 11 is 0. The SMILES string of the molecule is CCOc1ccc(/C=C(\C#N)c2nc(C(c3ccccc3)c3ccccc3)no2)cc1. The van der Waals surface area contributed by atoms with Crippen molar-refractivity contribution in [2.45, 2.75) is 12.8 Å². The summed E-state index contributed by atoms with van der Waals surface area (Å²) < 4.78 is 11.0. The average molecular weight is 407 g/mol. The molecule has 0 aliphatic heterocycles. The van der Waals surface area contributed by atoms with E-state index in [9.17, 15) is 5.26 Å². The van der Waals surface area contributed by atoms with E-state index in [0.717, 1.165) is 22.4 Å². The molecule has 5 heteroatoms. The molecule has 1 aromatic heterocycles. The normalized spacial score (nSPS) is 11.3. The van der Waals surface area contributed by atoms with Crippen LogP contribution in [-0.4, -0.2) is 16.7 Å². The van der Waals surface area contributed by atoms with Crippen LogP contribution >= 0.6 is 0 Å². The van der Waals surface area contributed by atoms with Crippen molar-refractivity contribution >= 4 is 11.6 Å². The third kappa shape index (κ3) is 4.71. The number of rotatable bonds is 7. The van der Waals surface area contributed by atoms with Gasteiger partial charge in [-0.05, 0) is 41.8 Å². The number of ether oxygens (including phenoxy) is 1. The van der Waals surface area contributed by atoms with Gasteiger partial charge < -0.3 is 9.26 Å². The van der Waals surface area contributed by atoms with Crippen LogP contribution in [0.1, 0.15) is 41.2 Å². The predicted octanol–water partition coefficient (Wildman–Crippen LogP) is 5.71. The molecule has 0 atom stereocenters. The number of benzene rings is 3. The zero-order valence-electron chi connectivity index (χ0n) is 17.1. The van der Waals surface area contributed by atoms with Gasteiger partial charge >= 0.3 is 0 Å². The lowest BCUT2D eigenvalue weighted by atomic mass is 9.91. The number of aromatic nitrogens is 2. The molecule has 0 N–H and O–H groups in total. The molecule has 0 aliphatic carbocycles. The molecule has 0 aliphatic rings. The van der Waals surface area contributed by atoms with Gasteiger partial charge in [0.05, 0.1) is 12.5 Å². The number of allylic oxidation sites excluding steroid dienone is 1. The molecule has 1 heterocycles. The number of nitriles is 1. The Morgan fingerprint density at radius 1 is 0.968 bits per heavy atom. The van der Waals surface area contributed by atoms with Gasteiger partial charge in [0.15, 0.2) is 5.82 Å². The Bertz CT molecular complexity index is 1150. The van der Waals surface area contributed by atoms with Crippen molar-refractivity contribution in [1.82, 2.24) is 10.1 Å². The fourth-order valence-electron chi connectivity index (χ4n) is 3.38. The van der Waals surface area contributed by atoms with Crippen LogP contribution in [0.3, 0.4) is 0 Å². The summed E-state index contributed by atoms with van der Waals surface area (Å²) in [5.41, 5.74) is 3.26. The number of nitrogens with zero attached hydrogens (tertiary/aromatic N) is 3. The highest BCUT2D eigenvalue weighted by atomic mass is 16.5. The first-order valence-corrected chi connectivity index (χ1v) is 10.1.